The number of rotatable bonds is 8. The number of esters is 2. The van der Waals surface area contributed by atoms with Crippen molar-refractivity contribution in [1.82, 2.24) is 0 Å². The third-order valence-corrected chi connectivity index (χ3v) is 6.31. The summed E-state index contributed by atoms with van der Waals surface area (Å²) < 4.78 is 11.2. The van der Waals surface area contributed by atoms with Gasteiger partial charge in [0.25, 0.3) is 0 Å². The molecule has 4 heteroatoms. The van der Waals surface area contributed by atoms with E-state index in [1.54, 1.807) is 0 Å². The lowest BCUT2D eigenvalue weighted by Gasteiger charge is -2.37. The quantitative estimate of drug-likeness (QED) is 0.519. The average molecular weight is 381 g/mol. The van der Waals surface area contributed by atoms with Crippen LogP contribution in [0.15, 0.2) is 0 Å². The minimum absolute atomic E-state index is 0.00676. The molecule has 2 rings (SSSR count). The average Bonchev–Trinajstić information content (AvgIpc) is 2.64. The molecule has 0 aromatic heterocycles. The van der Waals surface area contributed by atoms with Gasteiger partial charge in [0, 0.05) is 0 Å². The summed E-state index contributed by atoms with van der Waals surface area (Å²) in [4.78, 5) is 24.8. The van der Waals surface area contributed by atoms with Crippen LogP contribution >= 0.6 is 0 Å². The predicted octanol–water partition coefficient (Wildman–Crippen LogP) is 5.53. The lowest BCUT2D eigenvalue weighted by atomic mass is 9.69. The van der Waals surface area contributed by atoms with Crippen molar-refractivity contribution in [3.05, 3.63) is 0 Å². The molecule has 0 saturated heterocycles. The Morgan fingerprint density at radius 3 is 2.33 bits per heavy atom. The van der Waals surface area contributed by atoms with Crippen molar-refractivity contribution in [3.63, 3.8) is 0 Å². The van der Waals surface area contributed by atoms with Crippen LogP contribution in [0, 0.1) is 29.1 Å². The highest BCUT2D eigenvalue weighted by Gasteiger charge is 2.40. The fourth-order valence-electron chi connectivity index (χ4n) is 4.74. The molecule has 3 atom stereocenters. The van der Waals surface area contributed by atoms with Gasteiger partial charge in [0.15, 0.2) is 0 Å². The highest BCUT2D eigenvalue weighted by atomic mass is 16.5. The first-order chi connectivity index (χ1) is 12.8. The first-order valence-electron chi connectivity index (χ1n) is 11.1. The van der Waals surface area contributed by atoms with Crippen molar-refractivity contribution in [2.75, 3.05) is 13.2 Å². The maximum Gasteiger partial charge on any atom is 0.311 e. The SMILES string of the molecule is CC(C)COC(=O)C1(C)CCCC(CC(C)COC(=O)C2CCCCC2)C1. The number of hydrogen-bond donors (Lipinski definition) is 0. The van der Waals surface area contributed by atoms with Gasteiger partial charge in [0.2, 0.25) is 0 Å². The van der Waals surface area contributed by atoms with E-state index < -0.39 is 0 Å². The van der Waals surface area contributed by atoms with E-state index in [0.717, 1.165) is 57.8 Å². The van der Waals surface area contributed by atoms with Crippen LogP contribution in [0.2, 0.25) is 0 Å². The molecular formula is C23H40O4. The molecule has 156 valence electrons. The second-order valence-corrected chi connectivity index (χ2v) is 9.82. The smallest absolute Gasteiger partial charge is 0.311 e. The molecular weight excluding hydrogens is 340 g/mol. The van der Waals surface area contributed by atoms with Gasteiger partial charge in [-0.05, 0) is 56.8 Å². The number of hydrogen-bond acceptors (Lipinski definition) is 4. The highest BCUT2D eigenvalue weighted by molar-refractivity contribution is 5.76. The molecule has 0 N–H and O–H groups in total. The zero-order valence-electron chi connectivity index (χ0n) is 17.9. The van der Waals surface area contributed by atoms with E-state index in [0.29, 0.717) is 31.0 Å². The molecule has 2 aliphatic carbocycles. The molecule has 0 bridgehead atoms. The summed E-state index contributed by atoms with van der Waals surface area (Å²) >= 11 is 0. The van der Waals surface area contributed by atoms with Crippen LogP contribution in [0.1, 0.15) is 91.9 Å². The van der Waals surface area contributed by atoms with Crippen molar-refractivity contribution >= 4 is 11.9 Å². The van der Waals surface area contributed by atoms with E-state index >= 15 is 0 Å². The van der Waals surface area contributed by atoms with Crippen LogP contribution in [0.4, 0.5) is 0 Å². The molecule has 0 amide bonds. The molecule has 0 aliphatic heterocycles. The molecule has 27 heavy (non-hydrogen) atoms. The van der Waals surface area contributed by atoms with Crippen molar-refractivity contribution in [1.29, 1.82) is 0 Å². The summed E-state index contributed by atoms with van der Waals surface area (Å²) in [6.07, 6.45) is 10.6. The Kier molecular flexibility index (Phi) is 8.62. The second kappa shape index (κ2) is 10.5. The largest absolute Gasteiger partial charge is 0.465 e. The van der Waals surface area contributed by atoms with Crippen LogP contribution in [0.3, 0.4) is 0 Å². The summed E-state index contributed by atoms with van der Waals surface area (Å²) in [6.45, 7) is 9.38. The lowest BCUT2D eigenvalue weighted by molar-refractivity contribution is -0.159. The van der Waals surface area contributed by atoms with Gasteiger partial charge in [-0.2, -0.15) is 0 Å². The van der Waals surface area contributed by atoms with Gasteiger partial charge >= 0.3 is 11.9 Å². The first-order valence-corrected chi connectivity index (χ1v) is 11.1. The van der Waals surface area contributed by atoms with E-state index in [1.165, 1.54) is 6.42 Å². The van der Waals surface area contributed by atoms with E-state index in [2.05, 4.69) is 27.7 Å². The summed E-state index contributed by atoms with van der Waals surface area (Å²) in [5, 5.41) is 0. The minimum Gasteiger partial charge on any atom is -0.465 e. The normalized spacial score (nSPS) is 28.0. The van der Waals surface area contributed by atoms with Gasteiger partial charge in [0.05, 0.1) is 24.5 Å². The van der Waals surface area contributed by atoms with E-state index in [9.17, 15) is 9.59 Å². The maximum absolute atomic E-state index is 12.6. The zero-order chi connectivity index (χ0) is 19.9. The molecule has 0 aromatic carbocycles. The summed E-state index contributed by atoms with van der Waals surface area (Å²) in [6, 6.07) is 0. The summed E-state index contributed by atoms with van der Waals surface area (Å²) in [5.41, 5.74) is -0.351. The Bertz CT molecular complexity index is 481. The van der Waals surface area contributed by atoms with E-state index in [4.69, 9.17) is 9.47 Å². The number of ether oxygens (including phenoxy) is 2. The summed E-state index contributed by atoms with van der Waals surface area (Å²) in [5.74, 6) is 1.33. The van der Waals surface area contributed by atoms with Gasteiger partial charge in [-0.25, -0.2) is 0 Å². The van der Waals surface area contributed by atoms with Crippen molar-refractivity contribution in [2.45, 2.75) is 91.9 Å². The topological polar surface area (TPSA) is 52.6 Å². The predicted molar refractivity (Wildman–Crippen MR) is 107 cm³/mol. The molecule has 0 aromatic rings. The van der Waals surface area contributed by atoms with Crippen LogP contribution in [0.5, 0.6) is 0 Å². The Morgan fingerprint density at radius 2 is 1.67 bits per heavy atom. The monoisotopic (exact) mass is 380 g/mol. The number of carbonyl (C=O) groups excluding carboxylic acids is 2. The van der Waals surface area contributed by atoms with Crippen LogP contribution in [-0.4, -0.2) is 25.2 Å². The summed E-state index contributed by atoms with van der Waals surface area (Å²) in [7, 11) is 0. The molecule has 2 aliphatic rings. The van der Waals surface area contributed by atoms with Crippen molar-refractivity contribution in [3.8, 4) is 0 Å². The lowest BCUT2D eigenvalue weighted by Crippen LogP contribution is -2.36. The zero-order valence-corrected chi connectivity index (χ0v) is 17.9. The third-order valence-electron chi connectivity index (χ3n) is 6.31. The van der Waals surface area contributed by atoms with Crippen LogP contribution < -0.4 is 0 Å². The third kappa shape index (κ3) is 7.12. The highest BCUT2D eigenvalue weighted by Crippen LogP contribution is 2.42. The second-order valence-electron chi connectivity index (χ2n) is 9.82. The fourth-order valence-corrected chi connectivity index (χ4v) is 4.74. The van der Waals surface area contributed by atoms with Crippen LogP contribution in [-0.2, 0) is 19.1 Å². The maximum atomic E-state index is 12.6. The van der Waals surface area contributed by atoms with Crippen molar-refractivity contribution in [2.24, 2.45) is 29.1 Å². The Hall–Kier alpha value is -1.06. The standard InChI is InChI=1S/C23H40O4/c1-17(2)15-27-22(25)23(4)12-8-9-19(14-23)13-18(3)16-26-21(24)20-10-6-5-7-11-20/h17-20H,5-16H2,1-4H3. The van der Waals surface area contributed by atoms with Gasteiger partial charge in [-0.15, -0.1) is 0 Å². The first kappa shape index (κ1) is 22.2. The molecule has 0 radical (unpaired) electrons. The van der Waals surface area contributed by atoms with Gasteiger partial charge in [0.1, 0.15) is 0 Å². The molecule has 3 unspecified atom stereocenters. The Balaban J connectivity index is 1.75. The minimum atomic E-state index is -0.351. The van der Waals surface area contributed by atoms with E-state index in [-0.39, 0.29) is 23.3 Å². The Labute approximate surface area is 165 Å². The molecule has 2 fully saturated rings. The molecule has 2 saturated carbocycles. The molecule has 0 spiro atoms. The van der Waals surface area contributed by atoms with Gasteiger partial charge in [-0.3, -0.25) is 9.59 Å². The van der Waals surface area contributed by atoms with E-state index in [1.807, 2.05) is 0 Å². The van der Waals surface area contributed by atoms with Gasteiger partial charge in [-0.1, -0.05) is 52.9 Å². The number of carbonyl (C=O) groups is 2. The fraction of sp³-hybridized carbons (Fsp3) is 0.913. The van der Waals surface area contributed by atoms with Crippen LogP contribution in [0.25, 0.3) is 0 Å². The molecule has 4 nitrogen and oxygen atoms in total. The van der Waals surface area contributed by atoms with Crippen molar-refractivity contribution < 1.29 is 19.1 Å². The Morgan fingerprint density at radius 1 is 0.963 bits per heavy atom. The van der Waals surface area contributed by atoms with Gasteiger partial charge < -0.3 is 9.47 Å². The molecule has 0 heterocycles.